The maximum absolute atomic E-state index is 4.53. The van der Waals surface area contributed by atoms with Gasteiger partial charge in [0.05, 0.1) is 5.69 Å². The van der Waals surface area contributed by atoms with E-state index in [1.54, 1.807) is 18.0 Å². The number of hydrogen-bond acceptors (Lipinski definition) is 5. The molecule has 0 saturated heterocycles. The zero-order valence-electron chi connectivity index (χ0n) is 13.3. The highest BCUT2D eigenvalue weighted by Crippen LogP contribution is 2.29. The second-order valence-electron chi connectivity index (χ2n) is 5.60. The molecule has 0 saturated carbocycles. The Labute approximate surface area is 130 Å². The first-order valence-electron chi connectivity index (χ1n) is 7.18. The van der Waals surface area contributed by atoms with E-state index in [4.69, 9.17) is 0 Å². The van der Waals surface area contributed by atoms with Gasteiger partial charge >= 0.3 is 0 Å². The Morgan fingerprint density at radius 1 is 1.33 bits per heavy atom. The van der Waals surface area contributed by atoms with Crippen molar-refractivity contribution in [1.82, 2.24) is 25.1 Å². The number of hydrogen-bond donors (Lipinski definition) is 1. The van der Waals surface area contributed by atoms with Gasteiger partial charge in [0, 0.05) is 31.0 Å². The summed E-state index contributed by atoms with van der Waals surface area (Å²) in [6, 6.07) is 1.91. The lowest BCUT2D eigenvalue weighted by Gasteiger charge is -2.09. The minimum Gasteiger partial charge on any atom is -0.312 e. The van der Waals surface area contributed by atoms with E-state index in [-0.39, 0.29) is 0 Å². The Morgan fingerprint density at radius 3 is 2.76 bits per heavy atom. The first-order chi connectivity index (χ1) is 9.97. The molecule has 6 heteroatoms. The molecule has 0 aliphatic rings. The van der Waals surface area contributed by atoms with Crippen LogP contribution in [0.1, 0.15) is 30.8 Å². The monoisotopic (exact) mass is 305 g/mol. The molecule has 0 amide bonds. The Morgan fingerprint density at radius 2 is 2.10 bits per heavy atom. The summed E-state index contributed by atoms with van der Waals surface area (Å²) in [6.07, 6.45) is 1.80. The Balaban J connectivity index is 2.18. The van der Waals surface area contributed by atoms with E-state index in [2.05, 4.69) is 34.2 Å². The largest absolute Gasteiger partial charge is 0.312 e. The molecule has 2 rings (SSSR count). The molecule has 0 unspecified atom stereocenters. The van der Waals surface area contributed by atoms with Crippen LogP contribution < -0.4 is 5.32 Å². The van der Waals surface area contributed by atoms with E-state index in [0.717, 1.165) is 34.7 Å². The second kappa shape index (κ2) is 7.04. The van der Waals surface area contributed by atoms with Crippen molar-refractivity contribution in [2.75, 3.05) is 6.54 Å². The van der Waals surface area contributed by atoms with E-state index >= 15 is 0 Å². The summed E-state index contributed by atoms with van der Waals surface area (Å²) in [4.78, 5) is 8.78. The lowest BCUT2D eigenvalue weighted by atomic mass is 10.2. The first-order valence-corrected chi connectivity index (χ1v) is 7.99. The van der Waals surface area contributed by atoms with Gasteiger partial charge in [-0.25, -0.2) is 9.97 Å². The smallest absolute Gasteiger partial charge is 0.194 e. The highest BCUT2D eigenvalue weighted by molar-refractivity contribution is 7.99. The van der Waals surface area contributed by atoms with Crippen LogP contribution in [0.3, 0.4) is 0 Å². The van der Waals surface area contributed by atoms with Crippen molar-refractivity contribution in [2.24, 2.45) is 13.0 Å². The van der Waals surface area contributed by atoms with Gasteiger partial charge in [-0.2, -0.15) is 5.10 Å². The third-order valence-corrected chi connectivity index (χ3v) is 4.19. The molecule has 2 heterocycles. The van der Waals surface area contributed by atoms with E-state index < -0.39 is 0 Å². The van der Waals surface area contributed by atoms with Crippen LogP contribution in [0.2, 0.25) is 0 Å². The predicted octanol–water partition coefficient (Wildman–Crippen LogP) is 2.72. The van der Waals surface area contributed by atoms with Crippen LogP contribution in [-0.2, 0) is 13.6 Å². The molecule has 21 heavy (non-hydrogen) atoms. The third kappa shape index (κ3) is 4.28. The van der Waals surface area contributed by atoms with E-state index in [9.17, 15) is 0 Å². The van der Waals surface area contributed by atoms with Gasteiger partial charge in [-0.3, -0.25) is 4.68 Å². The number of nitrogens with zero attached hydrogens (tertiary/aromatic N) is 4. The summed E-state index contributed by atoms with van der Waals surface area (Å²) < 4.78 is 1.91. The minimum absolute atomic E-state index is 0.637. The van der Waals surface area contributed by atoms with Crippen LogP contribution in [0.5, 0.6) is 0 Å². The zero-order chi connectivity index (χ0) is 15.4. The third-order valence-electron chi connectivity index (χ3n) is 3.10. The van der Waals surface area contributed by atoms with Gasteiger partial charge in [0.25, 0.3) is 0 Å². The highest BCUT2D eigenvalue weighted by atomic mass is 32.2. The molecule has 0 aliphatic carbocycles. The van der Waals surface area contributed by atoms with Crippen LogP contribution in [-0.4, -0.2) is 26.3 Å². The fraction of sp³-hybridized carbons (Fsp3) is 0.533. The average molecular weight is 305 g/mol. The fourth-order valence-corrected chi connectivity index (χ4v) is 3.05. The normalized spacial score (nSPS) is 11.3. The molecule has 2 aromatic heterocycles. The summed E-state index contributed by atoms with van der Waals surface area (Å²) in [5.41, 5.74) is 3.27. The van der Waals surface area contributed by atoms with Gasteiger partial charge in [-0.05, 0) is 44.1 Å². The van der Waals surface area contributed by atoms with Crippen molar-refractivity contribution in [1.29, 1.82) is 0 Å². The molecule has 5 nitrogen and oxygen atoms in total. The maximum Gasteiger partial charge on any atom is 0.194 e. The Kier molecular flexibility index (Phi) is 5.36. The summed E-state index contributed by atoms with van der Waals surface area (Å²) in [5, 5.41) is 9.89. The second-order valence-corrected chi connectivity index (χ2v) is 6.56. The van der Waals surface area contributed by atoms with Gasteiger partial charge in [-0.1, -0.05) is 13.8 Å². The van der Waals surface area contributed by atoms with Crippen LogP contribution in [0.15, 0.2) is 22.4 Å². The van der Waals surface area contributed by atoms with Gasteiger partial charge in [0.15, 0.2) is 5.16 Å². The van der Waals surface area contributed by atoms with Gasteiger partial charge in [0.2, 0.25) is 0 Å². The molecular weight excluding hydrogens is 282 g/mol. The summed E-state index contributed by atoms with van der Waals surface area (Å²) >= 11 is 1.57. The molecule has 114 valence electrons. The molecule has 0 radical (unpaired) electrons. The highest BCUT2D eigenvalue weighted by Gasteiger charge is 2.15. The summed E-state index contributed by atoms with van der Waals surface area (Å²) in [6.45, 7) is 10.3. The van der Waals surface area contributed by atoms with E-state index in [0.29, 0.717) is 5.92 Å². The van der Waals surface area contributed by atoms with Crippen molar-refractivity contribution in [3.8, 4) is 0 Å². The quantitative estimate of drug-likeness (QED) is 0.832. The van der Waals surface area contributed by atoms with Crippen LogP contribution >= 0.6 is 11.8 Å². The molecule has 2 aromatic rings. The van der Waals surface area contributed by atoms with Crippen molar-refractivity contribution >= 4 is 11.8 Å². The van der Waals surface area contributed by atoms with Gasteiger partial charge in [-0.15, -0.1) is 0 Å². The molecule has 0 spiro atoms. The minimum atomic E-state index is 0.637. The van der Waals surface area contributed by atoms with Gasteiger partial charge < -0.3 is 5.32 Å². The van der Waals surface area contributed by atoms with Crippen molar-refractivity contribution in [3.63, 3.8) is 0 Å². The van der Waals surface area contributed by atoms with E-state index in [1.807, 2.05) is 31.6 Å². The molecule has 0 aromatic carbocycles. The molecule has 0 fully saturated rings. The molecule has 0 bridgehead atoms. The standard InChI is InChI=1S/C15H23N5S/c1-10(2)8-16-9-13-12(4)19-20(5)14(13)21-15-17-7-6-11(3)18-15/h6-7,10,16H,8-9H2,1-5H3. The molecular formula is C15H23N5S. The number of aromatic nitrogens is 4. The van der Waals surface area contributed by atoms with Crippen LogP contribution in [0.4, 0.5) is 0 Å². The van der Waals surface area contributed by atoms with Crippen molar-refractivity contribution < 1.29 is 0 Å². The maximum atomic E-state index is 4.53. The van der Waals surface area contributed by atoms with Crippen molar-refractivity contribution in [3.05, 3.63) is 29.2 Å². The summed E-state index contributed by atoms with van der Waals surface area (Å²) in [7, 11) is 1.97. The SMILES string of the molecule is Cc1ccnc(Sc2c(CNCC(C)C)c(C)nn2C)n1. The molecule has 1 N–H and O–H groups in total. The number of aryl methyl sites for hydroxylation is 3. The number of nitrogens with one attached hydrogen (secondary N) is 1. The predicted molar refractivity (Wildman–Crippen MR) is 85.4 cm³/mol. The van der Waals surface area contributed by atoms with Crippen LogP contribution in [0.25, 0.3) is 0 Å². The Bertz CT molecular complexity index is 606. The number of rotatable bonds is 6. The summed E-state index contributed by atoms with van der Waals surface area (Å²) in [5.74, 6) is 0.637. The average Bonchev–Trinajstić information content (AvgIpc) is 2.65. The van der Waals surface area contributed by atoms with Gasteiger partial charge in [0.1, 0.15) is 5.03 Å². The Hall–Kier alpha value is -1.40. The van der Waals surface area contributed by atoms with E-state index in [1.165, 1.54) is 5.56 Å². The topological polar surface area (TPSA) is 55.6 Å². The fourth-order valence-electron chi connectivity index (χ4n) is 2.06. The lowest BCUT2D eigenvalue weighted by molar-refractivity contribution is 0.548. The zero-order valence-corrected chi connectivity index (χ0v) is 14.2. The molecule has 0 atom stereocenters. The molecule has 0 aliphatic heterocycles. The van der Waals surface area contributed by atoms with Crippen molar-refractivity contribution in [2.45, 2.75) is 44.4 Å². The lowest BCUT2D eigenvalue weighted by Crippen LogP contribution is -2.19. The first kappa shape index (κ1) is 16.0. The van der Waals surface area contributed by atoms with Crippen LogP contribution in [0, 0.1) is 19.8 Å².